The molecule has 1 aliphatic heterocycles. The Bertz CT molecular complexity index is 595. The summed E-state index contributed by atoms with van der Waals surface area (Å²) in [4.78, 5) is 4.72. The van der Waals surface area contributed by atoms with E-state index in [0.29, 0.717) is 23.2 Å². The van der Waals surface area contributed by atoms with Crippen LogP contribution in [0.2, 0.25) is 0 Å². The lowest BCUT2D eigenvalue weighted by atomic mass is 10.1. The van der Waals surface area contributed by atoms with E-state index in [1.165, 1.54) is 25.5 Å². The topological polar surface area (TPSA) is 50.3 Å². The van der Waals surface area contributed by atoms with E-state index in [9.17, 15) is 8.42 Å². The second-order valence-electron chi connectivity index (χ2n) is 6.45. The molecule has 6 heteroatoms. The molecule has 2 aliphatic rings. The molecule has 122 valence electrons. The van der Waals surface area contributed by atoms with Gasteiger partial charge in [0.25, 0.3) is 0 Å². The first-order chi connectivity index (χ1) is 10.6. The lowest BCUT2D eigenvalue weighted by Crippen LogP contribution is -2.35. The summed E-state index contributed by atoms with van der Waals surface area (Å²) in [7, 11) is -3.35. The molecule has 1 saturated carbocycles. The van der Waals surface area contributed by atoms with Crippen LogP contribution in [0, 0.1) is 5.92 Å². The molecule has 0 N–H and O–H groups in total. The molecule has 2 fully saturated rings. The molecule has 22 heavy (non-hydrogen) atoms. The maximum absolute atomic E-state index is 12.6. The summed E-state index contributed by atoms with van der Waals surface area (Å²) in [5.74, 6) is 0.802. The van der Waals surface area contributed by atoms with Crippen LogP contribution in [0.1, 0.15) is 45.4 Å². The Balaban J connectivity index is 1.68. The Morgan fingerprint density at radius 2 is 1.95 bits per heavy atom. The quantitative estimate of drug-likeness (QED) is 0.841. The Kier molecular flexibility index (Phi) is 5.10. The van der Waals surface area contributed by atoms with Gasteiger partial charge < -0.3 is 0 Å². The fourth-order valence-corrected chi connectivity index (χ4v) is 6.02. The molecule has 4 nitrogen and oxygen atoms in total. The summed E-state index contributed by atoms with van der Waals surface area (Å²) >= 11 is 1.79. The third-order valence-corrected chi connectivity index (χ3v) is 7.72. The van der Waals surface area contributed by atoms with Gasteiger partial charge in [-0.25, -0.2) is 13.4 Å². The maximum Gasteiger partial charge on any atom is 0.244 e. The summed E-state index contributed by atoms with van der Waals surface area (Å²) in [5.41, 5.74) is 0. The Morgan fingerprint density at radius 3 is 2.55 bits per heavy atom. The van der Waals surface area contributed by atoms with E-state index in [2.05, 4.69) is 11.9 Å². The molecule has 0 spiro atoms. The van der Waals surface area contributed by atoms with Gasteiger partial charge in [0.1, 0.15) is 4.90 Å². The first kappa shape index (κ1) is 16.3. The number of piperidine rings is 1. The van der Waals surface area contributed by atoms with Crippen molar-refractivity contribution in [2.45, 2.75) is 60.6 Å². The highest BCUT2D eigenvalue weighted by Gasteiger charge is 2.27. The predicted molar refractivity (Wildman–Crippen MR) is 89.5 cm³/mol. The zero-order valence-corrected chi connectivity index (χ0v) is 14.7. The van der Waals surface area contributed by atoms with Crippen LogP contribution >= 0.6 is 11.8 Å². The van der Waals surface area contributed by atoms with Gasteiger partial charge >= 0.3 is 0 Å². The SMILES string of the molecule is C[C@H]1CC[C@H](Sc2ccc(S(=O)(=O)N3CCCCC3)cn2)C1. The zero-order chi connectivity index (χ0) is 15.6. The van der Waals surface area contributed by atoms with E-state index in [1.54, 1.807) is 22.1 Å². The third kappa shape index (κ3) is 3.66. The second-order valence-corrected chi connectivity index (χ2v) is 9.71. The Morgan fingerprint density at radius 1 is 1.18 bits per heavy atom. The molecule has 0 bridgehead atoms. The second kappa shape index (κ2) is 6.89. The van der Waals surface area contributed by atoms with Gasteiger partial charge in [-0.3, -0.25) is 0 Å². The number of pyridine rings is 1. The van der Waals surface area contributed by atoms with Gasteiger partial charge in [0.15, 0.2) is 0 Å². The number of hydrogen-bond donors (Lipinski definition) is 0. The minimum atomic E-state index is -3.35. The average molecular weight is 341 g/mol. The number of hydrogen-bond acceptors (Lipinski definition) is 4. The smallest absolute Gasteiger partial charge is 0.244 e. The average Bonchev–Trinajstić information content (AvgIpc) is 2.94. The van der Waals surface area contributed by atoms with Gasteiger partial charge in [0, 0.05) is 24.5 Å². The van der Waals surface area contributed by atoms with Gasteiger partial charge in [-0.2, -0.15) is 4.31 Å². The summed E-state index contributed by atoms with van der Waals surface area (Å²) in [6.07, 6.45) is 8.34. The zero-order valence-electron chi connectivity index (χ0n) is 13.1. The van der Waals surface area contributed by atoms with Crippen molar-refractivity contribution in [2.24, 2.45) is 5.92 Å². The first-order valence-corrected chi connectivity index (χ1v) is 10.5. The molecule has 1 aromatic rings. The van der Waals surface area contributed by atoms with Crippen LogP contribution in [0.15, 0.2) is 28.3 Å². The van der Waals surface area contributed by atoms with Crippen molar-refractivity contribution in [3.05, 3.63) is 18.3 Å². The van der Waals surface area contributed by atoms with Crippen molar-refractivity contribution in [3.63, 3.8) is 0 Å². The summed E-state index contributed by atoms with van der Waals surface area (Å²) < 4.78 is 26.7. The molecule has 0 unspecified atom stereocenters. The normalized spacial score (nSPS) is 27.1. The molecule has 1 saturated heterocycles. The number of thioether (sulfide) groups is 1. The molecule has 0 amide bonds. The van der Waals surface area contributed by atoms with Gasteiger partial charge in [-0.15, -0.1) is 11.8 Å². The molecular weight excluding hydrogens is 316 g/mol. The minimum absolute atomic E-state index is 0.332. The Hall–Kier alpha value is -0.590. The lowest BCUT2D eigenvalue weighted by molar-refractivity contribution is 0.346. The van der Waals surface area contributed by atoms with Crippen LogP contribution in [0.5, 0.6) is 0 Å². The highest BCUT2D eigenvalue weighted by molar-refractivity contribution is 7.99. The lowest BCUT2D eigenvalue weighted by Gasteiger charge is -2.25. The van der Waals surface area contributed by atoms with Crippen LogP contribution in [0.3, 0.4) is 0 Å². The van der Waals surface area contributed by atoms with E-state index in [-0.39, 0.29) is 0 Å². The molecule has 1 aliphatic carbocycles. The highest BCUT2D eigenvalue weighted by Crippen LogP contribution is 2.37. The number of rotatable bonds is 4. The van der Waals surface area contributed by atoms with E-state index in [1.807, 2.05) is 6.07 Å². The van der Waals surface area contributed by atoms with Crippen molar-refractivity contribution < 1.29 is 8.42 Å². The molecule has 1 aromatic heterocycles. The molecule has 2 atom stereocenters. The predicted octanol–water partition coefficient (Wildman–Crippen LogP) is 3.54. The van der Waals surface area contributed by atoms with Crippen LogP contribution in [-0.2, 0) is 10.0 Å². The van der Waals surface area contributed by atoms with E-state index < -0.39 is 10.0 Å². The van der Waals surface area contributed by atoms with Crippen molar-refractivity contribution in [3.8, 4) is 0 Å². The number of aromatic nitrogens is 1. The fraction of sp³-hybridized carbons (Fsp3) is 0.688. The minimum Gasteiger partial charge on any atom is -0.249 e. The van der Waals surface area contributed by atoms with E-state index >= 15 is 0 Å². The number of sulfonamides is 1. The van der Waals surface area contributed by atoms with Crippen LogP contribution in [0.4, 0.5) is 0 Å². The van der Waals surface area contributed by atoms with Crippen LogP contribution in [0.25, 0.3) is 0 Å². The van der Waals surface area contributed by atoms with E-state index in [4.69, 9.17) is 0 Å². The Labute approximate surface area is 137 Å². The van der Waals surface area contributed by atoms with Crippen molar-refractivity contribution >= 4 is 21.8 Å². The maximum atomic E-state index is 12.6. The fourth-order valence-electron chi connectivity index (χ4n) is 3.28. The number of nitrogens with zero attached hydrogens (tertiary/aromatic N) is 2. The molecular formula is C16H24N2O2S2. The first-order valence-electron chi connectivity index (χ1n) is 8.18. The molecule has 2 heterocycles. The highest BCUT2D eigenvalue weighted by atomic mass is 32.2. The van der Waals surface area contributed by atoms with Gasteiger partial charge in [-0.05, 0) is 50.2 Å². The molecule has 3 rings (SSSR count). The monoisotopic (exact) mass is 340 g/mol. The molecule has 0 radical (unpaired) electrons. The van der Waals surface area contributed by atoms with Gasteiger partial charge in [0.2, 0.25) is 10.0 Å². The van der Waals surface area contributed by atoms with Crippen LogP contribution in [-0.4, -0.2) is 36.0 Å². The van der Waals surface area contributed by atoms with Gasteiger partial charge in [-0.1, -0.05) is 13.3 Å². The van der Waals surface area contributed by atoms with Crippen molar-refractivity contribution in [2.75, 3.05) is 13.1 Å². The van der Waals surface area contributed by atoms with Crippen molar-refractivity contribution in [1.29, 1.82) is 0 Å². The summed E-state index contributed by atoms with van der Waals surface area (Å²) in [6, 6.07) is 3.59. The third-order valence-electron chi connectivity index (χ3n) is 4.60. The molecule has 0 aromatic carbocycles. The van der Waals surface area contributed by atoms with Gasteiger partial charge in [0.05, 0.1) is 5.03 Å². The summed E-state index contributed by atoms with van der Waals surface area (Å²) in [5, 5.41) is 1.57. The van der Waals surface area contributed by atoms with Crippen LogP contribution < -0.4 is 0 Å². The summed E-state index contributed by atoms with van der Waals surface area (Å²) in [6.45, 7) is 3.57. The standard InChI is InChI=1S/C16H24N2O2S2/c1-13-5-6-14(11-13)21-16-8-7-15(12-17-16)22(19,20)18-9-3-2-4-10-18/h7-8,12-14H,2-6,9-11H2,1H3/t13-,14-/m0/s1. The largest absolute Gasteiger partial charge is 0.249 e. The van der Waals surface area contributed by atoms with Crippen molar-refractivity contribution in [1.82, 2.24) is 9.29 Å². The van der Waals surface area contributed by atoms with E-state index in [0.717, 1.165) is 30.2 Å².